The molecule has 0 N–H and O–H groups in total. The van der Waals surface area contributed by atoms with Gasteiger partial charge in [-0.1, -0.05) is 12.8 Å². The summed E-state index contributed by atoms with van der Waals surface area (Å²) < 4.78 is 48.2. The highest BCUT2D eigenvalue weighted by molar-refractivity contribution is 5.75. The van der Waals surface area contributed by atoms with E-state index < -0.39 is 11.7 Å². The highest BCUT2D eigenvalue weighted by Crippen LogP contribution is 2.31. The molecule has 0 bridgehead atoms. The van der Waals surface area contributed by atoms with Gasteiger partial charge in [-0.3, -0.25) is 4.79 Å². The monoisotopic (exact) mass is 351 g/mol. The maximum absolute atomic E-state index is 12.5. The molecule has 0 saturated heterocycles. The van der Waals surface area contributed by atoms with Gasteiger partial charge in [-0.15, -0.1) is 0 Å². The summed E-state index contributed by atoms with van der Waals surface area (Å²) in [6.07, 6.45) is 0.0992. The van der Waals surface area contributed by atoms with Crippen molar-refractivity contribution in [2.24, 2.45) is 5.92 Å². The van der Waals surface area contributed by atoms with E-state index in [4.69, 9.17) is 9.47 Å². The lowest BCUT2D eigenvalue weighted by molar-refractivity contribution is -0.139. The van der Waals surface area contributed by atoms with Gasteiger partial charge in [0, 0.05) is 12.3 Å². The highest BCUT2D eigenvalue weighted by Gasteiger charge is 2.30. The Labute approximate surface area is 142 Å². The molecule has 4 nitrogen and oxygen atoms in total. The van der Waals surface area contributed by atoms with Crippen molar-refractivity contribution in [3.63, 3.8) is 0 Å². The standard InChI is InChI=1S/C18H16F3NO3/c19-18(20,21)13-5-10-16(22-11-13)24-14-6-8-15(9-7-14)25-17(23)12-3-1-2-4-12/h5-12H,1-4H2. The summed E-state index contributed by atoms with van der Waals surface area (Å²) in [4.78, 5) is 15.6. The van der Waals surface area contributed by atoms with Crippen LogP contribution in [0.15, 0.2) is 42.6 Å². The van der Waals surface area contributed by atoms with Gasteiger partial charge in [-0.05, 0) is 43.2 Å². The number of nitrogens with zero attached hydrogens (tertiary/aromatic N) is 1. The molecule has 25 heavy (non-hydrogen) atoms. The van der Waals surface area contributed by atoms with Gasteiger partial charge in [0.2, 0.25) is 5.88 Å². The summed E-state index contributed by atoms with van der Waals surface area (Å²) in [5, 5.41) is 0. The number of rotatable bonds is 4. The predicted molar refractivity (Wildman–Crippen MR) is 83.3 cm³/mol. The summed E-state index contributed by atoms with van der Waals surface area (Å²) in [7, 11) is 0. The average molecular weight is 351 g/mol. The Morgan fingerprint density at radius 3 is 2.20 bits per heavy atom. The van der Waals surface area contributed by atoms with Crippen LogP contribution in [0.5, 0.6) is 17.4 Å². The molecule has 1 aromatic carbocycles. The molecule has 0 aliphatic heterocycles. The average Bonchev–Trinajstić information content (AvgIpc) is 3.11. The van der Waals surface area contributed by atoms with Gasteiger partial charge < -0.3 is 9.47 Å². The molecular weight excluding hydrogens is 335 g/mol. The highest BCUT2D eigenvalue weighted by atomic mass is 19.4. The Morgan fingerprint density at radius 2 is 1.64 bits per heavy atom. The van der Waals surface area contributed by atoms with Crippen molar-refractivity contribution in [3.8, 4) is 17.4 Å². The first-order chi connectivity index (χ1) is 11.9. The zero-order valence-electron chi connectivity index (χ0n) is 13.3. The predicted octanol–water partition coefficient (Wildman–Crippen LogP) is 4.99. The van der Waals surface area contributed by atoms with Gasteiger partial charge >= 0.3 is 12.1 Å². The molecule has 1 aliphatic carbocycles. The maximum atomic E-state index is 12.5. The Bertz CT molecular complexity index is 721. The van der Waals surface area contributed by atoms with Crippen molar-refractivity contribution in [1.82, 2.24) is 4.98 Å². The zero-order chi connectivity index (χ0) is 17.9. The second kappa shape index (κ2) is 7.13. The van der Waals surface area contributed by atoms with E-state index in [1.165, 1.54) is 0 Å². The van der Waals surface area contributed by atoms with Crippen molar-refractivity contribution in [3.05, 3.63) is 48.2 Å². The molecule has 0 radical (unpaired) electrons. The molecule has 7 heteroatoms. The molecule has 132 valence electrons. The molecule has 2 aromatic rings. The van der Waals surface area contributed by atoms with E-state index in [9.17, 15) is 18.0 Å². The third-order valence-corrected chi connectivity index (χ3v) is 4.02. The topological polar surface area (TPSA) is 48.4 Å². The Kier molecular flexibility index (Phi) is 4.92. The van der Waals surface area contributed by atoms with Gasteiger partial charge in [-0.2, -0.15) is 13.2 Å². The van der Waals surface area contributed by atoms with Crippen LogP contribution in [0.3, 0.4) is 0 Å². The number of pyridine rings is 1. The van der Waals surface area contributed by atoms with Crippen LogP contribution in [-0.4, -0.2) is 11.0 Å². The largest absolute Gasteiger partial charge is 0.439 e. The summed E-state index contributed by atoms with van der Waals surface area (Å²) in [6, 6.07) is 8.34. The molecule has 1 saturated carbocycles. The third kappa shape index (κ3) is 4.49. The normalized spacial score (nSPS) is 15.2. The van der Waals surface area contributed by atoms with Crippen LogP contribution in [0.25, 0.3) is 0 Å². The number of esters is 1. The fourth-order valence-corrected chi connectivity index (χ4v) is 2.67. The molecule has 1 heterocycles. The second-order valence-electron chi connectivity index (χ2n) is 5.86. The SMILES string of the molecule is O=C(Oc1ccc(Oc2ccc(C(F)(F)F)cn2)cc1)C1CCCC1. The van der Waals surface area contributed by atoms with Crippen LogP contribution in [0, 0.1) is 5.92 Å². The number of aromatic nitrogens is 1. The number of carbonyl (C=O) groups excluding carboxylic acids is 1. The van der Waals surface area contributed by atoms with Crippen LogP contribution in [0.4, 0.5) is 13.2 Å². The van der Waals surface area contributed by atoms with Crippen LogP contribution in [0.1, 0.15) is 31.2 Å². The minimum atomic E-state index is -4.43. The molecule has 0 amide bonds. The first kappa shape index (κ1) is 17.3. The van der Waals surface area contributed by atoms with Crippen molar-refractivity contribution in [1.29, 1.82) is 0 Å². The zero-order valence-corrected chi connectivity index (χ0v) is 13.3. The van der Waals surface area contributed by atoms with E-state index in [1.807, 2.05) is 0 Å². The summed E-state index contributed by atoms with van der Waals surface area (Å²) in [5.41, 5.74) is -0.839. The Morgan fingerprint density at radius 1 is 1.00 bits per heavy atom. The van der Waals surface area contributed by atoms with Crippen molar-refractivity contribution in [2.45, 2.75) is 31.9 Å². The van der Waals surface area contributed by atoms with Crippen LogP contribution in [-0.2, 0) is 11.0 Å². The molecular formula is C18H16F3NO3. The molecule has 0 spiro atoms. The minimum Gasteiger partial charge on any atom is -0.439 e. The van der Waals surface area contributed by atoms with E-state index in [-0.39, 0.29) is 17.8 Å². The van der Waals surface area contributed by atoms with Crippen molar-refractivity contribution >= 4 is 5.97 Å². The molecule has 1 aromatic heterocycles. The maximum Gasteiger partial charge on any atom is 0.417 e. The first-order valence-corrected chi connectivity index (χ1v) is 7.95. The summed E-state index contributed by atoms with van der Waals surface area (Å²) in [6.45, 7) is 0. The number of hydrogen-bond donors (Lipinski definition) is 0. The molecule has 1 fully saturated rings. The molecule has 0 unspecified atom stereocenters. The fourth-order valence-electron chi connectivity index (χ4n) is 2.67. The number of benzene rings is 1. The molecule has 3 rings (SSSR count). The number of halogens is 3. The molecule has 1 aliphatic rings. The lowest BCUT2D eigenvalue weighted by atomic mass is 10.1. The number of ether oxygens (including phenoxy) is 2. The van der Waals surface area contributed by atoms with Gasteiger partial charge in [0.15, 0.2) is 0 Å². The van der Waals surface area contributed by atoms with Gasteiger partial charge in [0.25, 0.3) is 0 Å². The van der Waals surface area contributed by atoms with E-state index >= 15 is 0 Å². The lowest BCUT2D eigenvalue weighted by Gasteiger charge is -2.10. The quantitative estimate of drug-likeness (QED) is 0.575. The minimum absolute atomic E-state index is 0.0349. The summed E-state index contributed by atoms with van der Waals surface area (Å²) in [5.74, 6) is 0.573. The number of hydrogen-bond acceptors (Lipinski definition) is 4. The van der Waals surface area contributed by atoms with E-state index in [0.717, 1.165) is 37.8 Å². The lowest BCUT2D eigenvalue weighted by Crippen LogP contribution is -2.17. The van der Waals surface area contributed by atoms with Crippen molar-refractivity contribution in [2.75, 3.05) is 0 Å². The van der Waals surface area contributed by atoms with Crippen LogP contribution >= 0.6 is 0 Å². The second-order valence-corrected chi connectivity index (χ2v) is 5.86. The van der Waals surface area contributed by atoms with Gasteiger partial charge in [-0.25, -0.2) is 4.98 Å². The Balaban J connectivity index is 1.59. The third-order valence-electron chi connectivity index (χ3n) is 4.02. The van der Waals surface area contributed by atoms with Crippen LogP contribution < -0.4 is 9.47 Å². The fraction of sp³-hybridized carbons (Fsp3) is 0.333. The summed E-state index contributed by atoms with van der Waals surface area (Å²) >= 11 is 0. The number of alkyl halides is 3. The van der Waals surface area contributed by atoms with Gasteiger partial charge in [0.05, 0.1) is 11.5 Å². The van der Waals surface area contributed by atoms with Crippen LogP contribution in [0.2, 0.25) is 0 Å². The van der Waals surface area contributed by atoms with Crippen molar-refractivity contribution < 1.29 is 27.4 Å². The molecule has 0 atom stereocenters. The number of carbonyl (C=O) groups is 1. The van der Waals surface area contributed by atoms with E-state index in [2.05, 4.69) is 4.98 Å². The van der Waals surface area contributed by atoms with E-state index in [1.54, 1.807) is 24.3 Å². The Hall–Kier alpha value is -2.57. The first-order valence-electron chi connectivity index (χ1n) is 7.95. The smallest absolute Gasteiger partial charge is 0.417 e. The van der Waals surface area contributed by atoms with E-state index in [0.29, 0.717) is 17.7 Å². The van der Waals surface area contributed by atoms with Gasteiger partial charge in [0.1, 0.15) is 11.5 Å².